The summed E-state index contributed by atoms with van der Waals surface area (Å²) < 4.78 is 6.39. The van der Waals surface area contributed by atoms with Crippen LogP contribution in [0.3, 0.4) is 0 Å². The van der Waals surface area contributed by atoms with Gasteiger partial charge in [0.2, 0.25) is 0 Å². The van der Waals surface area contributed by atoms with E-state index in [-0.39, 0.29) is 0 Å². The van der Waals surface area contributed by atoms with Crippen molar-refractivity contribution >= 4 is 0 Å². The number of piperidine rings is 1. The average molecular weight is 297 g/mol. The van der Waals surface area contributed by atoms with E-state index in [2.05, 4.69) is 4.90 Å². The first-order valence-corrected chi connectivity index (χ1v) is 7.78. The zero-order valence-electron chi connectivity index (χ0n) is 13.2. The van der Waals surface area contributed by atoms with Crippen LogP contribution in [0.2, 0.25) is 0 Å². The fourth-order valence-electron chi connectivity index (χ4n) is 3.18. The molecule has 1 N–H and O–H groups in total. The molecule has 0 bridgehead atoms. The van der Waals surface area contributed by atoms with Crippen molar-refractivity contribution in [3.8, 4) is 5.75 Å². The Morgan fingerprint density at radius 2 is 1.91 bits per heavy atom. The third-order valence-electron chi connectivity index (χ3n) is 4.44. The molecule has 0 saturated carbocycles. The van der Waals surface area contributed by atoms with Crippen molar-refractivity contribution in [1.29, 1.82) is 0 Å². The quantitative estimate of drug-likeness (QED) is 0.945. The highest BCUT2D eigenvalue weighted by atomic mass is 16.5. The first kappa shape index (κ1) is 15.1. The number of aryl methyl sites for hydroxylation is 1. The number of benzene rings is 2. The molecule has 2 aromatic carbocycles. The molecule has 22 heavy (non-hydrogen) atoms. The number of nitrogens with zero attached hydrogens (tertiary/aromatic N) is 1. The molecule has 1 aliphatic rings. The number of β-amino-alcohol motifs (C(OH)–C–C–N with tert-alkyl or cyclic N) is 1. The SMILES string of the molecule is Cc1cccc(OC2(c3ccccc3)CCN(C)CC2O)c1. The molecule has 0 aromatic heterocycles. The third kappa shape index (κ3) is 2.87. The summed E-state index contributed by atoms with van der Waals surface area (Å²) in [6, 6.07) is 18.1. The predicted molar refractivity (Wildman–Crippen MR) is 88.0 cm³/mol. The summed E-state index contributed by atoms with van der Waals surface area (Å²) in [5.41, 5.74) is 1.52. The summed E-state index contributed by atoms with van der Waals surface area (Å²) in [5, 5.41) is 10.8. The second-order valence-electron chi connectivity index (χ2n) is 6.20. The van der Waals surface area contributed by atoms with Crippen LogP contribution in [0.4, 0.5) is 0 Å². The summed E-state index contributed by atoms with van der Waals surface area (Å²) in [5.74, 6) is 0.812. The van der Waals surface area contributed by atoms with Crippen molar-refractivity contribution < 1.29 is 9.84 Å². The van der Waals surface area contributed by atoms with Gasteiger partial charge in [0.1, 0.15) is 11.9 Å². The van der Waals surface area contributed by atoms with Crippen LogP contribution >= 0.6 is 0 Å². The molecule has 3 heteroatoms. The van der Waals surface area contributed by atoms with Gasteiger partial charge in [0.05, 0.1) is 0 Å². The Labute approximate surface area is 132 Å². The van der Waals surface area contributed by atoms with Crippen molar-refractivity contribution in [2.45, 2.75) is 25.0 Å². The molecular formula is C19H23NO2. The molecule has 2 atom stereocenters. The van der Waals surface area contributed by atoms with Gasteiger partial charge in [-0.05, 0) is 37.2 Å². The predicted octanol–water partition coefficient (Wildman–Crippen LogP) is 2.97. The topological polar surface area (TPSA) is 32.7 Å². The lowest BCUT2D eigenvalue weighted by Crippen LogP contribution is -2.55. The van der Waals surface area contributed by atoms with E-state index in [4.69, 9.17) is 4.74 Å². The molecule has 2 aromatic rings. The lowest BCUT2D eigenvalue weighted by Gasteiger charge is -2.44. The van der Waals surface area contributed by atoms with Gasteiger partial charge in [-0.2, -0.15) is 0 Å². The highest BCUT2D eigenvalue weighted by molar-refractivity contribution is 5.32. The minimum atomic E-state index is -0.679. The number of hydrogen-bond acceptors (Lipinski definition) is 3. The zero-order valence-corrected chi connectivity index (χ0v) is 13.2. The molecule has 2 unspecified atom stereocenters. The number of rotatable bonds is 3. The molecule has 1 heterocycles. The fraction of sp³-hybridized carbons (Fsp3) is 0.368. The van der Waals surface area contributed by atoms with E-state index in [0.29, 0.717) is 6.54 Å². The standard InChI is InChI=1S/C19H23NO2/c1-15-7-6-10-17(13-15)22-19(16-8-4-3-5-9-16)11-12-20(2)14-18(19)21/h3-10,13,18,21H,11-12,14H2,1-2H3. The van der Waals surface area contributed by atoms with Crippen LogP contribution in [0.15, 0.2) is 54.6 Å². The van der Waals surface area contributed by atoms with Crippen LogP contribution in [-0.4, -0.2) is 36.2 Å². The molecule has 1 aliphatic heterocycles. The number of aliphatic hydroxyl groups is 1. The van der Waals surface area contributed by atoms with Crippen LogP contribution in [0, 0.1) is 6.92 Å². The Bertz CT molecular complexity index is 628. The van der Waals surface area contributed by atoms with Gasteiger partial charge < -0.3 is 14.7 Å². The second-order valence-corrected chi connectivity index (χ2v) is 6.20. The number of hydrogen-bond donors (Lipinski definition) is 1. The molecule has 0 aliphatic carbocycles. The van der Waals surface area contributed by atoms with Crippen molar-refractivity contribution in [2.24, 2.45) is 0 Å². The Morgan fingerprint density at radius 3 is 2.59 bits per heavy atom. The fourth-order valence-corrected chi connectivity index (χ4v) is 3.18. The van der Waals surface area contributed by atoms with Gasteiger partial charge in [-0.25, -0.2) is 0 Å². The highest BCUT2D eigenvalue weighted by Gasteiger charge is 2.45. The van der Waals surface area contributed by atoms with E-state index in [1.54, 1.807) is 0 Å². The van der Waals surface area contributed by atoms with Crippen LogP contribution in [0.5, 0.6) is 5.75 Å². The lowest BCUT2D eigenvalue weighted by molar-refractivity contribution is -0.103. The highest BCUT2D eigenvalue weighted by Crippen LogP contribution is 2.38. The average Bonchev–Trinajstić information content (AvgIpc) is 2.51. The molecular weight excluding hydrogens is 274 g/mol. The number of likely N-dealkylation sites (tertiary alicyclic amines) is 1. The molecule has 0 amide bonds. The molecule has 116 valence electrons. The van der Waals surface area contributed by atoms with Gasteiger partial charge >= 0.3 is 0 Å². The zero-order chi connectivity index (χ0) is 15.6. The van der Waals surface area contributed by atoms with Crippen molar-refractivity contribution in [3.63, 3.8) is 0 Å². The summed E-state index contributed by atoms with van der Waals surface area (Å²) in [6.07, 6.45) is 0.206. The molecule has 3 nitrogen and oxygen atoms in total. The minimum absolute atomic E-state index is 0.561. The van der Waals surface area contributed by atoms with Gasteiger partial charge in [-0.15, -0.1) is 0 Å². The Hall–Kier alpha value is -1.84. The van der Waals surface area contributed by atoms with Gasteiger partial charge in [0, 0.05) is 19.5 Å². The second kappa shape index (κ2) is 6.11. The Balaban J connectivity index is 2.00. The smallest absolute Gasteiger partial charge is 0.162 e. The maximum absolute atomic E-state index is 10.8. The summed E-state index contributed by atoms with van der Waals surface area (Å²) in [7, 11) is 2.03. The first-order chi connectivity index (χ1) is 10.6. The molecule has 0 radical (unpaired) electrons. The van der Waals surface area contributed by atoms with Crippen LogP contribution in [-0.2, 0) is 5.60 Å². The summed E-state index contributed by atoms with van der Waals surface area (Å²) in [4.78, 5) is 2.14. The normalized spacial score (nSPS) is 25.9. The summed E-state index contributed by atoms with van der Waals surface area (Å²) in [6.45, 7) is 3.56. The minimum Gasteiger partial charge on any atom is -0.480 e. The van der Waals surface area contributed by atoms with E-state index in [0.717, 1.165) is 29.8 Å². The molecule has 1 fully saturated rings. The van der Waals surface area contributed by atoms with Crippen LogP contribution in [0.25, 0.3) is 0 Å². The van der Waals surface area contributed by atoms with E-state index in [1.807, 2.05) is 68.6 Å². The van der Waals surface area contributed by atoms with Gasteiger partial charge in [-0.1, -0.05) is 42.5 Å². The molecule has 3 rings (SSSR count). The molecule has 0 spiro atoms. The van der Waals surface area contributed by atoms with Crippen molar-refractivity contribution in [3.05, 3.63) is 65.7 Å². The maximum Gasteiger partial charge on any atom is 0.162 e. The van der Waals surface area contributed by atoms with E-state index in [1.165, 1.54) is 0 Å². The number of likely N-dealkylation sites (N-methyl/N-ethyl adjacent to an activating group) is 1. The van der Waals surface area contributed by atoms with Crippen LogP contribution in [0.1, 0.15) is 17.5 Å². The van der Waals surface area contributed by atoms with Gasteiger partial charge in [0.25, 0.3) is 0 Å². The summed E-state index contributed by atoms with van der Waals surface area (Å²) >= 11 is 0. The Morgan fingerprint density at radius 1 is 1.14 bits per heavy atom. The van der Waals surface area contributed by atoms with E-state index < -0.39 is 11.7 Å². The Kier molecular flexibility index (Phi) is 4.19. The molecule has 1 saturated heterocycles. The van der Waals surface area contributed by atoms with Crippen molar-refractivity contribution in [1.82, 2.24) is 4.90 Å². The van der Waals surface area contributed by atoms with E-state index >= 15 is 0 Å². The first-order valence-electron chi connectivity index (χ1n) is 7.78. The number of ether oxygens (including phenoxy) is 1. The largest absolute Gasteiger partial charge is 0.480 e. The van der Waals surface area contributed by atoms with Crippen LogP contribution < -0.4 is 4.74 Å². The maximum atomic E-state index is 10.8. The lowest BCUT2D eigenvalue weighted by atomic mass is 9.82. The van der Waals surface area contributed by atoms with Gasteiger partial charge in [-0.3, -0.25) is 0 Å². The van der Waals surface area contributed by atoms with Crippen molar-refractivity contribution in [2.75, 3.05) is 20.1 Å². The monoisotopic (exact) mass is 297 g/mol. The third-order valence-corrected chi connectivity index (χ3v) is 4.44. The van der Waals surface area contributed by atoms with Gasteiger partial charge in [0.15, 0.2) is 5.60 Å². The number of aliphatic hydroxyl groups excluding tert-OH is 1. The van der Waals surface area contributed by atoms with E-state index in [9.17, 15) is 5.11 Å².